The fourth-order valence-electron chi connectivity index (χ4n) is 4.57. The van der Waals surface area contributed by atoms with E-state index in [1.807, 2.05) is 29.4 Å². The molecule has 1 amide bonds. The molecule has 4 heterocycles. The number of H-pyrrole nitrogens is 1. The summed E-state index contributed by atoms with van der Waals surface area (Å²) < 4.78 is 0. The summed E-state index contributed by atoms with van der Waals surface area (Å²) in [6.07, 6.45) is 9.32. The van der Waals surface area contributed by atoms with Crippen molar-refractivity contribution in [2.24, 2.45) is 0 Å². The normalized spacial score (nSPS) is 16.4. The number of carbonyl (C=O) groups excluding carboxylic acids is 1. The maximum atomic E-state index is 13.0. The molecule has 162 valence electrons. The molecule has 0 unspecified atom stereocenters. The summed E-state index contributed by atoms with van der Waals surface area (Å²) in [6, 6.07) is 14.6. The van der Waals surface area contributed by atoms with Crippen LogP contribution in [0.25, 0.3) is 22.0 Å². The molecule has 5 rings (SSSR count). The zero-order valence-corrected chi connectivity index (χ0v) is 18.9. The van der Waals surface area contributed by atoms with Crippen molar-refractivity contribution in [1.82, 2.24) is 19.9 Å². The van der Waals surface area contributed by atoms with Crippen molar-refractivity contribution in [2.75, 3.05) is 18.8 Å². The number of hydrogen-bond acceptors (Lipinski definition) is 4. The Kier molecular flexibility index (Phi) is 5.95. The van der Waals surface area contributed by atoms with Crippen LogP contribution in [0.5, 0.6) is 0 Å². The zero-order chi connectivity index (χ0) is 21.9. The topological polar surface area (TPSA) is 61.9 Å². The van der Waals surface area contributed by atoms with E-state index in [0.717, 1.165) is 36.3 Å². The number of amides is 1. The minimum absolute atomic E-state index is 0.203. The van der Waals surface area contributed by atoms with Gasteiger partial charge in [-0.15, -0.1) is 11.8 Å². The van der Waals surface area contributed by atoms with Gasteiger partial charge < -0.3 is 9.88 Å². The van der Waals surface area contributed by atoms with Gasteiger partial charge in [0.2, 0.25) is 5.91 Å². The Morgan fingerprint density at radius 2 is 1.84 bits per heavy atom. The van der Waals surface area contributed by atoms with Crippen LogP contribution in [-0.4, -0.2) is 44.6 Å². The van der Waals surface area contributed by atoms with Gasteiger partial charge in [-0.3, -0.25) is 14.8 Å². The number of carbonyl (C=O) groups is 1. The number of nitrogens with one attached hydrogen (secondary N) is 1. The molecule has 4 aromatic rings. The van der Waals surface area contributed by atoms with Gasteiger partial charge in [0.1, 0.15) is 0 Å². The van der Waals surface area contributed by atoms with Gasteiger partial charge in [-0.2, -0.15) is 0 Å². The predicted octanol–water partition coefficient (Wildman–Crippen LogP) is 5.43. The molecule has 1 aliphatic rings. The first kappa shape index (κ1) is 20.8. The molecule has 1 atom stereocenters. The fourth-order valence-corrected chi connectivity index (χ4v) is 5.36. The number of likely N-dealkylation sites (tertiary alicyclic amines) is 1. The number of pyridine rings is 2. The van der Waals surface area contributed by atoms with E-state index in [1.54, 1.807) is 24.2 Å². The predicted molar refractivity (Wildman–Crippen MR) is 130 cm³/mol. The molecular weight excluding hydrogens is 416 g/mol. The van der Waals surface area contributed by atoms with Crippen molar-refractivity contribution in [1.29, 1.82) is 0 Å². The highest BCUT2D eigenvalue weighted by molar-refractivity contribution is 8.00. The first-order valence-corrected chi connectivity index (χ1v) is 12.0. The average molecular weight is 443 g/mol. The van der Waals surface area contributed by atoms with E-state index in [0.29, 0.717) is 5.75 Å². The maximum absolute atomic E-state index is 13.0. The molecule has 0 spiro atoms. The van der Waals surface area contributed by atoms with Crippen LogP contribution in [0.15, 0.2) is 72.1 Å². The van der Waals surface area contributed by atoms with Crippen molar-refractivity contribution in [2.45, 2.75) is 30.6 Å². The van der Waals surface area contributed by atoms with E-state index in [4.69, 9.17) is 0 Å². The standard InChI is InChI=1S/C26H26N4OS/c1-18-4-5-23-22(15-18)25(19-6-10-27-11-7-19)26(29-23)20-3-2-14-30(16-20)24(31)17-32-21-8-12-28-13-9-21/h4-13,15,20,29H,2-3,14,16-17H2,1H3/t20-/m1/s1. The molecule has 3 aromatic heterocycles. The summed E-state index contributed by atoms with van der Waals surface area (Å²) in [7, 11) is 0. The third-order valence-corrected chi connectivity index (χ3v) is 7.14. The first-order chi connectivity index (χ1) is 15.7. The lowest BCUT2D eigenvalue weighted by molar-refractivity contribution is -0.129. The first-order valence-electron chi connectivity index (χ1n) is 11.0. The van der Waals surface area contributed by atoms with Gasteiger partial charge in [-0.1, -0.05) is 11.6 Å². The van der Waals surface area contributed by atoms with Gasteiger partial charge in [-0.05, 0) is 61.7 Å². The SMILES string of the molecule is Cc1ccc2[nH]c([C@@H]3CCCN(C(=O)CSc4ccncc4)C3)c(-c3ccncc3)c2c1. The van der Waals surface area contributed by atoms with Crippen molar-refractivity contribution in [3.05, 3.63) is 78.5 Å². The summed E-state index contributed by atoms with van der Waals surface area (Å²) >= 11 is 1.58. The summed E-state index contributed by atoms with van der Waals surface area (Å²) in [5.74, 6) is 0.947. The number of rotatable bonds is 5. The van der Waals surface area contributed by atoms with Gasteiger partial charge >= 0.3 is 0 Å². The number of aromatic amines is 1. The lowest BCUT2D eigenvalue weighted by atomic mass is 9.89. The highest BCUT2D eigenvalue weighted by Gasteiger charge is 2.28. The van der Waals surface area contributed by atoms with E-state index < -0.39 is 0 Å². The Morgan fingerprint density at radius 3 is 2.62 bits per heavy atom. The summed E-state index contributed by atoms with van der Waals surface area (Å²) in [4.78, 5) is 28.1. The smallest absolute Gasteiger partial charge is 0.232 e. The van der Waals surface area contributed by atoms with Gasteiger partial charge in [0.05, 0.1) is 5.75 Å². The molecule has 1 aromatic carbocycles. The Morgan fingerprint density at radius 1 is 1.09 bits per heavy atom. The van der Waals surface area contributed by atoms with Crippen molar-refractivity contribution in [3.63, 3.8) is 0 Å². The number of thioether (sulfide) groups is 1. The van der Waals surface area contributed by atoms with E-state index in [-0.39, 0.29) is 11.8 Å². The van der Waals surface area contributed by atoms with Crippen LogP contribution in [0.2, 0.25) is 0 Å². The monoisotopic (exact) mass is 442 g/mol. The minimum atomic E-state index is 0.203. The third kappa shape index (κ3) is 4.28. The number of aryl methyl sites for hydroxylation is 1. The van der Waals surface area contributed by atoms with Gasteiger partial charge in [0.25, 0.3) is 0 Å². The number of piperidine rings is 1. The van der Waals surface area contributed by atoms with Crippen LogP contribution < -0.4 is 0 Å². The number of fused-ring (bicyclic) bond motifs is 1. The highest BCUT2D eigenvalue weighted by atomic mass is 32.2. The minimum Gasteiger partial charge on any atom is -0.358 e. The van der Waals surface area contributed by atoms with Crippen LogP contribution >= 0.6 is 11.8 Å². The van der Waals surface area contributed by atoms with E-state index in [1.165, 1.54) is 27.8 Å². The van der Waals surface area contributed by atoms with E-state index in [2.05, 4.69) is 52.2 Å². The maximum Gasteiger partial charge on any atom is 0.232 e. The van der Waals surface area contributed by atoms with Crippen LogP contribution in [0.3, 0.4) is 0 Å². The van der Waals surface area contributed by atoms with Gasteiger partial charge in [0, 0.05) is 70.9 Å². The molecule has 1 aliphatic heterocycles. The van der Waals surface area contributed by atoms with Crippen LogP contribution in [0.4, 0.5) is 0 Å². The molecule has 1 fully saturated rings. The van der Waals surface area contributed by atoms with Crippen LogP contribution in [0.1, 0.15) is 30.0 Å². The van der Waals surface area contributed by atoms with E-state index in [9.17, 15) is 4.79 Å². The molecule has 6 heteroatoms. The molecule has 0 radical (unpaired) electrons. The average Bonchev–Trinajstić information content (AvgIpc) is 3.22. The van der Waals surface area contributed by atoms with Crippen molar-refractivity contribution < 1.29 is 4.79 Å². The number of benzene rings is 1. The zero-order valence-electron chi connectivity index (χ0n) is 18.1. The molecule has 0 saturated carbocycles. The number of nitrogens with zero attached hydrogens (tertiary/aromatic N) is 3. The van der Waals surface area contributed by atoms with Crippen molar-refractivity contribution >= 4 is 28.6 Å². The van der Waals surface area contributed by atoms with Gasteiger partial charge in [-0.25, -0.2) is 0 Å². The Hall–Kier alpha value is -3.12. The third-order valence-electron chi connectivity index (χ3n) is 6.15. The molecule has 5 nitrogen and oxygen atoms in total. The van der Waals surface area contributed by atoms with Gasteiger partial charge in [0.15, 0.2) is 0 Å². The summed E-state index contributed by atoms with van der Waals surface area (Å²) in [5, 5.41) is 1.24. The lowest BCUT2D eigenvalue weighted by Crippen LogP contribution is -2.40. The quantitative estimate of drug-likeness (QED) is 0.419. The Labute approximate surface area is 192 Å². The second-order valence-corrected chi connectivity index (χ2v) is 9.40. The fraction of sp³-hybridized carbons (Fsp3) is 0.269. The molecule has 0 aliphatic carbocycles. The number of hydrogen-bond donors (Lipinski definition) is 1. The highest BCUT2D eigenvalue weighted by Crippen LogP contribution is 2.39. The lowest BCUT2D eigenvalue weighted by Gasteiger charge is -2.33. The molecule has 1 N–H and O–H groups in total. The van der Waals surface area contributed by atoms with Crippen LogP contribution in [0, 0.1) is 6.92 Å². The van der Waals surface area contributed by atoms with Crippen LogP contribution in [-0.2, 0) is 4.79 Å². The summed E-state index contributed by atoms with van der Waals surface area (Å²) in [6.45, 7) is 3.71. The Balaban J connectivity index is 1.42. The second-order valence-electron chi connectivity index (χ2n) is 8.35. The number of aromatic nitrogens is 3. The van der Waals surface area contributed by atoms with E-state index >= 15 is 0 Å². The molecule has 32 heavy (non-hydrogen) atoms. The largest absolute Gasteiger partial charge is 0.358 e. The Bertz CT molecular complexity index is 1220. The second kappa shape index (κ2) is 9.17. The molecule has 0 bridgehead atoms. The van der Waals surface area contributed by atoms with Crippen molar-refractivity contribution in [3.8, 4) is 11.1 Å². The summed E-state index contributed by atoms with van der Waals surface area (Å²) in [5.41, 5.74) is 6.04. The molecular formula is C26H26N4OS. The molecule has 1 saturated heterocycles.